The molecule has 84 valence electrons. The summed E-state index contributed by atoms with van der Waals surface area (Å²) in [5.74, 6) is 3.53. The fraction of sp³-hybridized carbons (Fsp3) is 0.800. The fourth-order valence-electron chi connectivity index (χ4n) is 1.72. The Bertz CT molecular complexity index is 297. The van der Waals surface area contributed by atoms with Gasteiger partial charge in [-0.25, -0.2) is 0 Å². The maximum Gasteiger partial charge on any atom is 0.243 e. The molecule has 1 aromatic rings. The van der Waals surface area contributed by atoms with Crippen LogP contribution in [0.15, 0.2) is 4.52 Å². The molecule has 1 N–H and O–H groups in total. The van der Waals surface area contributed by atoms with E-state index in [0.29, 0.717) is 0 Å². The van der Waals surface area contributed by atoms with Crippen molar-refractivity contribution in [3.63, 3.8) is 0 Å². The molecule has 4 nitrogen and oxygen atoms in total. The average Bonchev–Trinajstić information content (AvgIpc) is 2.76. The van der Waals surface area contributed by atoms with E-state index in [-0.39, 0.29) is 6.04 Å². The van der Waals surface area contributed by atoms with Crippen LogP contribution < -0.4 is 5.32 Å². The Morgan fingerprint density at radius 2 is 2.47 bits per heavy atom. The molecule has 1 fully saturated rings. The van der Waals surface area contributed by atoms with Crippen molar-refractivity contribution in [3.05, 3.63) is 11.7 Å². The highest BCUT2D eigenvalue weighted by atomic mass is 32.2. The molecule has 1 aromatic heterocycles. The third kappa shape index (κ3) is 2.95. The molecule has 0 unspecified atom stereocenters. The minimum atomic E-state index is 0.284. The van der Waals surface area contributed by atoms with E-state index in [2.05, 4.69) is 22.4 Å². The summed E-state index contributed by atoms with van der Waals surface area (Å²) in [4.78, 5) is 4.41. The van der Waals surface area contributed by atoms with Gasteiger partial charge in [0.15, 0.2) is 5.82 Å². The van der Waals surface area contributed by atoms with Gasteiger partial charge in [-0.15, -0.1) is 0 Å². The van der Waals surface area contributed by atoms with Gasteiger partial charge in [0, 0.05) is 0 Å². The van der Waals surface area contributed by atoms with Crippen molar-refractivity contribution in [3.8, 4) is 0 Å². The lowest BCUT2D eigenvalue weighted by molar-refractivity contribution is 0.296. The predicted octanol–water partition coefficient (Wildman–Crippen LogP) is 2.14. The molecular formula is C10H17N3OS. The molecule has 0 saturated carbocycles. The molecule has 1 atom stereocenters. The Morgan fingerprint density at radius 1 is 1.53 bits per heavy atom. The Morgan fingerprint density at radius 3 is 3.20 bits per heavy atom. The molecule has 0 radical (unpaired) electrons. The van der Waals surface area contributed by atoms with Gasteiger partial charge in [0.05, 0.1) is 11.8 Å². The van der Waals surface area contributed by atoms with E-state index in [9.17, 15) is 0 Å². The quantitative estimate of drug-likeness (QED) is 0.854. The first kappa shape index (κ1) is 11.0. The standard InChI is InChI=1S/C10H17N3OS/c1-2-15-7-9-12-10(14-13-9)8-5-3-4-6-11-8/h8,11H,2-7H2,1H3/t8-/m0/s1. The number of thioether (sulfide) groups is 1. The third-order valence-corrected chi connectivity index (χ3v) is 3.40. The first-order chi connectivity index (χ1) is 7.40. The molecule has 0 aliphatic carbocycles. The van der Waals surface area contributed by atoms with E-state index >= 15 is 0 Å². The predicted molar refractivity (Wildman–Crippen MR) is 60.7 cm³/mol. The van der Waals surface area contributed by atoms with Crippen molar-refractivity contribution in [1.29, 1.82) is 0 Å². The van der Waals surface area contributed by atoms with Crippen LogP contribution in [0.25, 0.3) is 0 Å². The highest BCUT2D eigenvalue weighted by molar-refractivity contribution is 7.98. The molecular weight excluding hydrogens is 210 g/mol. The fourth-order valence-corrected chi connectivity index (χ4v) is 2.23. The molecule has 5 heteroatoms. The van der Waals surface area contributed by atoms with E-state index < -0.39 is 0 Å². The van der Waals surface area contributed by atoms with Gasteiger partial charge in [-0.05, 0) is 25.1 Å². The maximum atomic E-state index is 5.26. The van der Waals surface area contributed by atoms with E-state index in [1.165, 1.54) is 12.8 Å². The minimum absolute atomic E-state index is 0.284. The number of nitrogens with zero attached hydrogens (tertiary/aromatic N) is 2. The van der Waals surface area contributed by atoms with E-state index in [1.54, 1.807) is 0 Å². The lowest BCUT2D eigenvalue weighted by Crippen LogP contribution is -2.26. The summed E-state index contributed by atoms with van der Waals surface area (Å²) in [6.45, 7) is 3.19. The van der Waals surface area contributed by atoms with E-state index in [1.807, 2.05) is 11.8 Å². The van der Waals surface area contributed by atoms with Crippen molar-refractivity contribution in [2.75, 3.05) is 12.3 Å². The number of hydrogen-bond donors (Lipinski definition) is 1. The van der Waals surface area contributed by atoms with Crippen LogP contribution in [0.2, 0.25) is 0 Å². The van der Waals surface area contributed by atoms with Crippen LogP contribution in [0.3, 0.4) is 0 Å². The number of aromatic nitrogens is 2. The van der Waals surface area contributed by atoms with Gasteiger partial charge in [0.1, 0.15) is 0 Å². The molecule has 1 saturated heterocycles. The summed E-state index contributed by atoms with van der Waals surface area (Å²) in [7, 11) is 0. The van der Waals surface area contributed by atoms with Gasteiger partial charge >= 0.3 is 0 Å². The molecule has 0 aromatic carbocycles. The minimum Gasteiger partial charge on any atom is -0.338 e. The largest absolute Gasteiger partial charge is 0.338 e. The van der Waals surface area contributed by atoms with Crippen LogP contribution >= 0.6 is 11.8 Å². The summed E-state index contributed by atoms with van der Waals surface area (Å²) in [5, 5.41) is 7.38. The summed E-state index contributed by atoms with van der Waals surface area (Å²) >= 11 is 1.82. The average molecular weight is 227 g/mol. The summed E-state index contributed by atoms with van der Waals surface area (Å²) in [6.07, 6.45) is 3.62. The highest BCUT2D eigenvalue weighted by Gasteiger charge is 2.20. The Balaban J connectivity index is 1.93. The zero-order valence-electron chi connectivity index (χ0n) is 9.03. The SMILES string of the molecule is CCSCc1noc([C@@H]2CCCCN2)n1. The first-order valence-corrected chi connectivity index (χ1v) is 6.69. The van der Waals surface area contributed by atoms with Crippen molar-refractivity contribution in [2.24, 2.45) is 0 Å². The number of hydrogen-bond acceptors (Lipinski definition) is 5. The zero-order chi connectivity index (χ0) is 10.5. The maximum absolute atomic E-state index is 5.26. The lowest BCUT2D eigenvalue weighted by atomic mass is 10.1. The zero-order valence-corrected chi connectivity index (χ0v) is 9.85. The van der Waals surface area contributed by atoms with Gasteiger partial charge in [-0.1, -0.05) is 18.5 Å². The lowest BCUT2D eigenvalue weighted by Gasteiger charge is -2.19. The summed E-state index contributed by atoms with van der Waals surface area (Å²) in [5.41, 5.74) is 0. The van der Waals surface area contributed by atoms with Crippen molar-refractivity contribution < 1.29 is 4.52 Å². The smallest absolute Gasteiger partial charge is 0.243 e. The monoisotopic (exact) mass is 227 g/mol. The van der Waals surface area contributed by atoms with E-state index in [0.717, 1.165) is 36.2 Å². The molecule has 15 heavy (non-hydrogen) atoms. The normalized spacial score (nSPS) is 21.8. The summed E-state index contributed by atoms with van der Waals surface area (Å²) in [6, 6.07) is 0.284. The van der Waals surface area contributed by atoms with Gasteiger partial charge in [-0.3, -0.25) is 0 Å². The first-order valence-electron chi connectivity index (χ1n) is 5.53. The summed E-state index contributed by atoms with van der Waals surface area (Å²) < 4.78 is 5.26. The van der Waals surface area contributed by atoms with Gasteiger partial charge in [0.2, 0.25) is 5.89 Å². The molecule has 0 spiro atoms. The van der Waals surface area contributed by atoms with Crippen LogP contribution in [-0.4, -0.2) is 22.4 Å². The molecule has 0 amide bonds. The van der Waals surface area contributed by atoms with Gasteiger partial charge < -0.3 is 9.84 Å². The topological polar surface area (TPSA) is 51.0 Å². The van der Waals surface area contributed by atoms with Crippen molar-refractivity contribution >= 4 is 11.8 Å². The van der Waals surface area contributed by atoms with E-state index in [4.69, 9.17) is 4.52 Å². The second-order valence-corrected chi connectivity index (χ2v) is 4.96. The van der Waals surface area contributed by atoms with Crippen LogP contribution in [0.5, 0.6) is 0 Å². The van der Waals surface area contributed by atoms with Crippen LogP contribution in [0.1, 0.15) is 43.9 Å². The van der Waals surface area contributed by atoms with Crippen LogP contribution in [0, 0.1) is 0 Å². The Hall–Kier alpha value is -0.550. The van der Waals surface area contributed by atoms with Crippen molar-refractivity contribution in [1.82, 2.24) is 15.5 Å². The second kappa shape index (κ2) is 5.51. The molecule has 1 aliphatic rings. The Labute approximate surface area is 94.2 Å². The van der Waals surface area contributed by atoms with Gasteiger partial charge in [-0.2, -0.15) is 16.7 Å². The van der Waals surface area contributed by atoms with Gasteiger partial charge in [0.25, 0.3) is 0 Å². The second-order valence-electron chi connectivity index (χ2n) is 3.69. The molecule has 1 aliphatic heterocycles. The number of piperidine rings is 1. The molecule has 0 bridgehead atoms. The van der Waals surface area contributed by atoms with Crippen molar-refractivity contribution in [2.45, 2.75) is 38.0 Å². The molecule has 2 heterocycles. The highest BCUT2D eigenvalue weighted by Crippen LogP contribution is 2.21. The third-order valence-electron chi connectivity index (χ3n) is 2.53. The number of nitrogens with one attached hydrogen (secondary N) is 1. The molecule has 2 rings (SSSR count). The van der Waals surface area contributed by atoms with Crippen LogP contribution in [-0.2, 0) is 5.75 Å². The Kier molecular flexibility index (Phi) is 4.02. The number of rotatable bonds is 4. The van der Waals surface area contributed by atoms with Crippen LogP contribution in [0.4, 0.5) is 0 Å².